The molecule has 2 aromatic carbocycles. The first-order chi connectivity index (χ1) is 17.2. The van der Waals surface area contributed by atoms with Crippen LogP contribution in [-0.2, 0) is 9.47 Å². The molecule has 0 aliphatic carbocycles. The number of ether oxygens (including phenoxy) is 2. The molecule has 38 heavy (non-hydrogen) atoms. The summed E-state index contributed by atoms with van der Waals surface area (Å²) in [5, 5.41) is 21.4. The van der Waals surface area contributed by atoms with Crippen molar-refractivity contribution in [2.45, 2.75) is 36.4 Å². The largest absolute Gasteiger partial charge is 0.509 e. The van der Waals surface area contributed by atoms with Crippen LogP contribution in [-0.4, -0.2) is 40.2 Å². The zero-order valence-electron chi connectivity index (χ0n) is 17.8. The Morgan fingerprint density at radius 3 is 1.08 bits per heavy atom. The molecule has 2 atom stereocenters. The van der Waals surface area contributed by atoms with E-state index in [0.717, 1.165) is 0 Å². The fourth-order valence-corrected chi connectivity index (χ4v) is 2.76. The summed E-state index contributed by atoms with van der Waals surface area (Å²) in [7, 11) is 0. The molecule has 0 heterocycles. The summed E-state index contributed by atoms with van der Waals surface area (Å²) in [5.74, 6) is -12.0. The molecule has 2 aromatic rings. The van der Waals surface area contributed by atoms with Crippen LogP contribution in [0, 0.1) is 20.2 Å². The number of hydrogen-bond acceptors (Lipinski definition) is 7. The Hall–Kier alpha value is -4.19. The van der Waals surface area contributed by atoms with Crippen LogP contribution >= 0.6 is 0 Å². The number of carbonyl (C=O) groups is 1. The van der Waals surface area contributed by atoms with Crippen LogP contribution in [0.25, 0.3) is 0 Å². The van der Waals surface area contributed by atoms with Crippen LogP contribution in [0.1, 0.15) is 23.3 Å². The molecule has 9 nitrogen and oxygen atoms in total. The van der Waals surface area contributed by atoms with Gasteiger partial charge in [0.1, 0.15) is 0 Å². The van der Waals surface area contributed by atoms with E-state index in [4.69, 9.17) is 0 Å². The molecule has 0 radical (unpaired) electrons. The van der Waals surface area contributed by atoms with Crippen molar-refractivity contribution in [2.24, 2.45) is 0 Å². The fourth-order valence-electron chi connectivity index (χ4n) is 2.76. The predicted octanol–water partition coefficient (Wildman–Crippen LogP) is 6.83. The maximum atomic E-state index is 14.1. The molecule has 0 spiro atoms. The Morgan fingerprint density at radius 1 is 0.605 bits per heavy atom. The van der Waals surface area contributed by atoms with Crippen molar-refractivity contribution in [3.05, 3.63) is 79.9 Å². The third-order valence-electron chi connectivity index (χ3n) is 4.66. The van der Waals surface area contributed by atoms with Gasteiger partial charge >= 0.3 is 30.4 Å². The lowest BCUT2D eigenvalue weighted by atomic mass is 10.0. The lowest BCUT2D eigenvalue weighted by Gasteiger charge is -2.31. The summed E-state index contributed by atoms with van der Waals surface area (Å²) >= 11 is 0. The van der Waals surface area contributed by atoms with Gasteiger partial charge < -0.3 is 9.47 Å². The molecule has 2 unspecified atom stereocenters. The first-order valence-corrected chi connectivity index (χ1v) is 9.45. The van der Waals surface area contributed by atoms with E-state index in [2.05, 4.69) is 9.47 Å². The van der Waals surface area contributed by atoms with E-state index >= 15 is 0 Å². The van der Waals surface area contributed by atoms with Gasteiger partial charge in [0, 0.05) is 24.3 Å². The van der Waals surface area contributed by atoms with Gasteiger partial charge in [-0.25, -0.2) is 4.79 Å². The molecule has 0 aromatic heterocycles. The van der Waals surface area contributed by atoms with Crippen molar-refractivity contribution in [1.82, 2.24) is 0 Å². The summed E-state index contributed by atoms with van der Waals surface area (Å²) in [4.78, 5) is 31.2. The van der Waals surface area contributed by atoms with Gasteiger partial charge in [0.2, 0.25) is 12.2 Å². The van der Waals surface area contributed by atoms with Crippen molar-refractivity contribution in [2.75, 3.05) is 0 Å². The van der Waals surface area contributed by atoms with E-state index in [1.165, 1.54) is 0 Å². The Bertz CT molecular complexity index is 1090. The zero-order valence-corrected chi connectivity index (χ0v) is 17.8. The van der Waals surface area contributed by atoms with Crippen molar-refractivity contribution >= 4 is 17.5 Å². The number of rotatable bonds is 8. The van der Waals surface area contributed by atoms with Crippen molar-refractivity contribution in [3.8, 4) is 0 Å². The van der Waals surface area contributed by atoms with E-state index in [1.54, 1.807) is 0 Å². The molecule has 0 fully saturated rings. The number of non-ortho nitro benzene ring substituents is 2. The van der Waals surface area contributed by atoms with Gasteiger partial charge in [-0.05, 0) is 35.4 Å². The molecule has 19 heteroatoms. The van der Waals surface area contributed by atoms with E-state index < -0.39 is 74.9 Å². The van der Waals surface area contributed by atoms with Crippen LogP contribution in [0.15, 0.2) is 48.5 Å². The van der Waals surface area contributed by atoms with Crippen LogP contribution in [0.5, 0.6) is 0 Å². The number of nitro benzene ring substituents is 2. The SMILES string of the molecule is O=C(OC(c1ccc([N+](=O)[O-])cc1)C(F)(F)C(F)(F)F)OC(c1ccc([N+](=O)[O-])cc1)C(F)(F)C(F)(F)F. The second-order valence-corrected chi connectivity index (χ2v) is 7.18. The van der Waals surface area contributed by atoms with Crippen molar-refractivity contribution < 1.29 is 68.0 Å². The number of nitrogens with zero attached hydrogens (tertiary/aromatic N) is 2. The highest BCUT2D eigenvalue weighted by Gasteiger charge is 2.67. The standard InChI is InChI=1S/C19H10F10N2O7/c20-16(21,18(24,25)26)13(9-1-5-11(6-2-9)30(33)34)37-15(32)38-14(17(22,23)19(27,28)29)10-3-7-12(8-4-10)31(35)36/h1-8,13-14H. The Morgan fingerprint density at radius 2 is 0.868 bits per heavy atom. The smallest absolute Gasteiger partial charge is 0.419 e. The lowest BCUT2D eigenvalue weighted by Crippen LogP contribution is -2.46. The van der Waals surface area contributed by atoms with Gasteiger partial charge in [-0.2, -0.15) is 43.9 Å². The summed E-state index contributed by atoms with van der Waals surface area (Å²) in [6.45, 7) is 0. The molecule has 0 aliphatic rings. The molecular formula is C19H10F10N2O7. The Labute approximate surface area is 202 Å². The van der Waals surface area contributed by atoms with Crippen LogP contribution < -0.4 is 0 Å². The number of alkyl halides is 10. The second-order valence-electron chi connectivity index (χ2n) is 7.18. The quantitative estimate of drug-likeness (QED) is 0.148. The minimum atomic E-state index is -6.48. The van der Waals surface area contributed by atoms with Gasteiger partial charge in [0.05, 0.1) is 9.85 Å². The van der Waals surface area contributed by atoms with E-state index in [-0.39, 0.29) is 24.3 Å². The summed E-state index contributed by atoms with van der Waals surface area (Å²) in [6, 6.07) is 2.81. The summed E-state index contributed by atoms with van der Waals surface area (Å²) < 4.78 is 142. The van der Waals surface area contributed by atoms with E-state index in [1.807, 2.05) is 0 Å². The molecule has 0 amide bonds. The summed E-state index contributed by atoms with van der Waals surface area (Å²) in [6.07, 6.45) is -23.3. The van der Waals surface area contributed by atoms with E-state index in [9.17, 15) is 68.9 Å². The van der Waals surface area contributed by atoms with Crippen LogP contribution in [0.4, 0.5) is 60.1 Å². The molecule has 208 valence electrons. The fraction of sp³-hybridized carbons (Fsp3) is 0.316. The first-order valence-electron chi connectivity index (χ1n) is 9.45. The van der Waals surface area contributed by atoms with Gasteiger partial charge in [0.25, 0.3) is 11.4 Å². The topological polar surface area (TPSA) is 122 Å². The van der Waals surface area contributed by atoms with Crippen LogP contribution in [0.2, 0.25) is 0 Å². The Kier molecular flexibility index (Phi) is 8.13. The van der Waals surface area contributed by atoms with Crippen LogP contribution in [0.3, 0.4) is 0 Å². The maximum absolute atomic E-state index is 14.1. The highest BCUT2D eigenvalue weighted by Crippen LogP contribution is 2.49. The minimum Gasteiger partial charge on any atom is -0.419 e. The van der Waals surface area contributed by atoms with Crippen molar-refractivity contribution in [3.63, 3.8) is 0 Å². The molecule has 0 saturated heterocycles. The average Bonchev–Trinajstić information content (AvgIpc) is 2.79. The summed E-state index contributed by atoms with van der Waals surface area (Å²) in [5.41, 5.74) is -4.17. The van der Waals surface area contributed by atoms with Crippen molar-refractivity contribution in [1.29, 1.82) is 0 Å². The highest BCUT2D eigenvalue weighted by molar-refractivity contribution is 5.61. The average molecular weight is 568 g/mol. The monoisotopic (exact) mass is 568 g/mol. The molecular weight excluding hydrogens is 558 g/mol. The normalized spacial score (nSPS) is 14.4. The number of halogens is 10. The predicted molar refractivity (Wildman–Crippen MR) is 101 cm³/mol. The molecule has 0 bridgehead atoms. The number of benzene rings is 2. The number of carbonyl (C=O) groups excluding carboxylic acids is 1. The maximum Gasteiger partial charge on any atom is 0.509 e. The molecule has 0 saturated carbocycles. The zero-order chi connectivity index (χ0) is 29.3. The van der Waals surface area contributed by atoms with Gasteiger partial charge in [0.15, 0.2) is 0 Å². The third-order valence-corrected chi connectivity index (χ3v) is 4.66. The third kappa shape index (κ3) is 6.20. The number of nitro groups is 2. The first kappa shape index (κ1) is 30.0. The van der Waals surface area contributed by atoms with Gasteiger partial charge in [-0.1, -0.05) is 0 Å². The minimum absolute atomic E-state index is 0.286. The number of hydrogen-bond donors (Lipinski definition) is 0. The van der Waals surface area contributed by atoms with Gasteiger partial charge in [-0.15, -0.1) is 0 Å². The lowest BCUT2D eigenvalue weighted by molar-refractivity contribution is -0.385. The second kappa shape index (κ2) is 10.3. The highest BCUT2D eigenvalue weighted by atomic mass is 19.4. The van der Waals surface area contributed by atoms with Gasteiger partial charge in [-0.3, -0.25) is 20.2 Å². The molecule has 0 aliphatic heterocycles. The molecule has 2 rings (SSSR count). The molecule has 0 N–H and O–H groups in total. The van der Waals surface area contributed by atoms with E-state index in [0.29, 0.717) is 24.3 Å². The Balaban J connectivity index is 2.50.